The van der Waals surface area contributed by atoms with Gasteiger partial charge in [-0.1, -0.05) is 25.1 Å². The zero-order valence-electron chi connectivity index (χ0n) is 21.9. The molecule has 6 heteroatoms. The molecule has 7 rings (SSSR count). The zero-order chi connectivity index (χ0) is 25.9. The Bertz CT molecular complexity index is 1340. The van der Waals surface area contributed by atoms with Crippen molar-refractivity contribution >= 4 is 17.9 Å². The van der Waals surface area contributed by atoms with Crippen molar-refractivity contribution in [2.45, 2.75) is 77.2 Å². The third-order valence-electron chi connectivity index (χ3n) is 9.41. The zero-order valence-corrected chi connectivity index (χ0v) is 21.9. The van der Waals surface area contributed by atoms with E-state index in [0.29, 0.717) is 17.6 Å². The van der Waals surface area contributed by atoms with Crippen LogP contribution in [0.3, 0.4) is 0 Å². The fraction of sp³-hybridized carbons (Fsp3) is 0.484. The minimum Gasteiger partial charge on any atom is -0.271 e. The van der Waals surface area contributed by atoms with E-state index in [1.54, 1.807) is 6.92 Å². The number of aromatic nitrogens is 2. The second-order valence-electron chi connectivity index (χ2n) is 11.8. The summed E-state index contributed by atoms with van der Waals surface area (Å²) in [6.07, 6.45) is 12.1. The Morgan fingerprint density at radius 2 is 1.70 bits per heavy atom. The van der Waals surface area contributed by atoms with E-state index in [1.165, 1.54) is 24.2 Å². The lowest BCUT2D eigenvalue weighted by Crippen LogP contribution is -2.49. The molecule has 2 aromatic rings. The Kier molecular flexibility index (Phi) is 5.71. The molecule has 190 valence electrons. The molecule has 1 atom stereocenters. The third-order valence-corrected chi connectivity index (χ3v) is 9.41. The van der Waals surface area contributed by atoms with E-state index < -0.39 is 5.91 Å². The van der Waals surface area contributed by atoms with Crippen LogP contribution in [0.5, 0.6) is 0 Å². The number of carbonyl (C=O) groups excluding carboxylic acids is 2. The quantitative estimate of drug-likeness (QED) is 0.393. The van der Waals surface area contributed by atoms with Crippen molar-refractivity contribution in [3.05, 3.63) is 64.5 Å². The van der Waals surface area contributed by atoms with Crippen LogP contribution >= 0.6 is 0 Å². The van der Waals surface area contributed by atoms with Crippen molar-refractivity contribution in [3.63, 3.8) is 0 Å². The van der Waals surface area contributed by atoms with Crippen LogP contribution in [0.4, 0.5) is 0 Å². The summed E-state index contributed by atoms with van der Waals surface area (Å²) < 4.78 is 1.94. The van der Waals surface area contributed by atoms with Crippen LogP contribution in [0.2, 0.25) is 0 Å². The van der Waals surface area contributed by atoms with Gasteiger partial charge in [0.25, 0.3) is 11.8 Å². The molecule has 4 saturated carbocycles. The minimum atomic E-state index is -0.488. The van der Waals surface area contributed by atoms with Crippen molar-refractivity contribution < 1.29 is 9.59 Å². The first kappa shape index (κ1) is 23.9. The van der Waals surface area contributed by atoms with Crippen LogP contribution in [0.1, 0.15) is 77.0 Å². The number of benzene rings is 1. The summed E-state index contributed by atoms with van der Waals surface area (Å²) in [5, 5.41) is 15.0. The average Bonchev–Trinajstić information content (AvgIpc) is 3.31. The maximum absolute atomic E-state index is 13.7. The number of hydrogen-bond acceptors (Lipinski definition) is 4. The molecule has 6 nitrogen and oxygen atoms in total. The predicted molar refractivity (Wildman–Crippen MR) is 141 cm³/mol. The number of rotatable bonds is 5. The van der Waals surface area contributed by atoms with E-state index in [4.69, 9.17) is 5.10 Å². The Morgan fingerprint density at radius 3 is 2.27 bits per heavy atom. The van der Waals surface area contributed by atoms with Crippen LogP contribution in [-0.2, 0) is 15.0 Å². The molecule has 1 aromatic heterocycles. The lowest BCUT2D eigenvalue weighted by Gasteiger charge is -2.56. The molecule has 0 radical (unpaired) electrons. The van der Waals surface area contributed by atoms with E-state index in [1.807, 2.05) is 61.1 Å². The molecular weight excluding hydrogens is 460 g/mol. The molecule has 0 N–H and O–H groups in total. The fourth-order valence-electron chi connectivity index (χ4n) is 7.86. The smallest absolute Gasteiger partial charge is 0.271 e. The molecule has 1 aliphatic heterocycles. The number of hydrogen-bond donors (Lipinski definition) is 0. The van der Waals surface area contributed by atoms with Gasteiger partial charge in [0.15, 0.2) is 0 Å². The Morgan fingerprint density at radius 1 is 1.08 bits per heavy atom. The molecule has 5 aliphatic rings. The Labute approximate surface area is 218 Å². The van der Waals surface area contributed by atoms with Gasteiger partial charge >= 0.3 is 0 Å². The highest BCUT2D eigenvalue weighted by Gasteiger charge is 2.53. The molecular formula is C31H34N4O2. The number of imide groups is 1. The minimum absolute atomic E-state index is 0.0286. The van der Waals surface area contributed by atoms with Crippen LogP contribution in [-0.4, -0.2) is 32.5 Å². The molecule has 4 fully saturated rings. The normalized spacial score (nSPS) is 30.8. The first-order chi connectivity index (χ1) is 17.8. The monoisotopic (exact) mass is 494 g/mol. The van der Waals surface area contributed by atoms with Gasteiger partial charge < -0.3 is 0 Å². The van der Waals surface area contributed by atoms with Crippen LogP contribution in [0.25, 0.3) is 11.8 Å². The van der Waals surface area contributed by atoms with Gasteiger partial charge in [0, 0.05) is 28.8 Å². The Balaban J connectivity index is 1.52. The lowest BCUT2D eigenvalue weighted by atomic mass is 9.48. The molecule has 2 amide bonds. The standard InChI is InChI=1S/C31H34N4O2/c1-4-19(2)35-29(36)26(20(3)27(17-32)30(35)37)13-24-18-34(25-8-6-5-7-9-25)33-28(24)31-14-21-10-22(15-31)12-23(11-21)16-31/h5-9,13,18-19,21-23H,4,10-12,14-16H2,1-3H3/b26-13+. The maximum atomic E-state index is 13.7. The van der Waals surface area contributed by atoms with Crippen LogP contribution < -0.4 is 0 Å². The third kappa shape index (κ3) is 3.79. The molecule has 2 heterocycles. The van der Waals surface area contributed by atoms with Gasteiger partial charge in [-0.25, -0.2) is 4.68 Å². The second-order valence-corrected chi connectivity index (χ2v) is 11.8. The molecule has 1 aromatic carbocycles. The van der Waals surface area contributed by atoms with E-state index >= 15 is 0 Å². The highest BCUT2D eigenvalue weighted by atomic mass is 16.2. The summed E-state index contributed by atoms with van der Waals surface area (Å²) in [6, 6.07) is 11.9. The maximum Gasteiger partial charge on any atom is 0.271 e. The molecule has 0 spiro atoms. The van der Waals surface area contributed by atoms with Crippen molar-refractivity contribution in [3.8, 4) is 11.8 Å². The summed E-state index contributed by atoms with van der Waals surface area (Å²) in [7, 11) is 0. The van der Waals surface area contributed by atoms with Crippen molar-refractivity contribution in [1.29, 1.82) is 5.26 Å². The van der Waals surface area contributed by atoms with Gasteiger partial charge in [0.1, 0.15) is 11.6 Å². The Hall–Kier alpha value is -3.46. The summed E-state index contributed by atoms with van der Waals surface area (Å²) in [5.74, 6) is 1.47. The highest BCUT2D eigenvalue weighted by Crippen LogP contribution is 2.61. The number of nitrogens with zero attached hydrogens (tertiary/aromatic N) is 4. The van der Waals surface area contributed by atoms with E-state index in [2.05, 4.69) is 6.07 Å². The van der Waals surface area contributed by atoms with Crippen LogP contribution in [0, 0.1) is 29.1 Å². The molecule has 0 saturated heterocycles. The van der Waals surface area contributed by atoms with Gasteiger partial charge in [0.2, 0.25) is 0 Å². The molecule has 4 bridgehead atoms. The first-order valence-electron chi connectivity index (χ1n) is 13.7. The average molecular weight is 495 g/mol. The fourth-order valence-corrected chi connectivity index (χ4v) is 7.86. The van der Waals surface area contributed by atoms with E-state index in [0.717, 1.165) is 54.0 Å². The first-order valence-corrected chi connectivity index (χ1v) is 13.7. The van der Waals surface area contributed by atoms with Gasteiger partial charge in [-0.05, 0) is 100 Å². The SMILES string of the molecule is CCC(C)N1C(=O)C(C#N)=C(C)/C(=C\c2cn(-c3ccccc3)nc2C23CC4CC(CC(C4)C2)C3)C1=O. The van der Waals surface area contributed by atoms with Gasteiger partial charge in [0.05, 0.1) is 11.4 Å². The van der Waals surface area contributed by atoms with E-state index in [-0.39, 0.29) is 22.9 Å². The summed E-state index contributed by atoms with van der Waals surface area (Å²) >= 11 is 0. The second kappa shape index (κ2) is 8.83. The summed E-state index contributed by atoms with van der Waals surface area (Å²) in [5.41, 5.74) is 3.96. The number of amides is 2. The highest BCUT2D eigenvalue weighted by molar-refractivity contribution is 6.19. The molecule has 37 heavy (non-hydrogen) atoms. The van der Waals surface area contributed by atoms with Crippen LogP contribution in [0.15, 0.2) is 53.2 Å². The summed E-state index contributed by atoms with van der Waals surface area (Å²) in [6.45, 7) is 5.53. The summed E-state index contributed by atoms with van der Waals surface area (Å²) in [4.78, 5) is 28.0. The predicted octanol–water partition coefficient (Wildman–Crippen LogP) is 5.73. The van der Waals surface area contributed by atoms with Crippen molar-refractivity contribution in [1.82, 2.24) is 14.7 Å². The van der Waals surface area contributed by atoms with Crippen molar-refractivity contribution in [2.24, 2.45) is 17.8 Å². The van der Waals surface area contributed by atoms with Crippen molar-refractivity contribution in [2.75, 3.05) is 0 Å². The van der Waals surface area contributed by atoms with Gasteiger partial charge in [-0.3, -0.25) is 14.5 Å². The topological polar surface area (TPSA) is 79.0 Å². The van der Waals surface area contributed by atoms with Gasteiger partial charge in [-0.2, -0.15) is 10.4 Å². The number of nitriles is 1. The van der Waals surface area contributed by atoms with E-state index in [9.17, 15) is 14.9 Å². The number of carbonyl (C=O) groups is 2. The lowest BCUT2D eigenvalue weighted by molar-refractivity contribution is -0.142. The molecule has 4 aliphatic carbocycles. The molecule has 1 unspecified atom stereocenters. The largest absolute Gasteiger partial charge is 0.271 e. The van der Waals surface area contributed by atoms with Gasteiger partial charge in [-0.15, -0.1) is 0 Å². The number of para-hydroxylation sites is 1.